The topological polar surface area (TPSA) is 92.2 Å². The molecule has 8 heteroatoms. The minimum Gasteiger partial charge on any atom is -0.495 e. The number of carbonyl (C=O) groups is 1. The van der Waals surface area contributed by atoms with Crippen LogP contribution in [-0.2, 0) is 10.2 Å². The second-order valence-corrected chi connectivity index (χ2v) is 13.9. The number of aromatic nitrogens is 2. The van der Waals surface area contributed by atoms with Crippen LogP contribution >= 0.6 is 0 Å². The highest BCUT2D eigenvalue weighted by Crippen LogP contribution is 2.70. The van der Waals surface area contributed by atoms with Crippen molar-refractivity contribution in [3.63, 3.8) is 0 Å². The Kier molecular flexibility index (Phi) is 5.49. The Balaban J connectivity index is 1.08. The van der Waals surface area contributed by atoms with Crippen LogP contribution in [0.4, 0.5) is 10.1 Å². The summed E-state index contributed by atoms with van der Waals surface area (Å²) in [7, 11) is 1.56. The summed E-state index contributed by atoms with van der Waals surface area (Å²) in [4.78, 5) is 21.0. The molecule has 0 unspecified atom stereocenters. The molecule has 0 atom stereocenters. The summed E-state index contributed by atoms with van der Waals surface area (Å²) < 4.78 is 25.8. The van der Waals surface area contributed by atoms with E-state index in [0.29, 0.717) is 43.0 Å². The lowest BCUT2D eigenvalue weighted by Crippen LogP contribution is -2.71. The maximum absolute atomic E-state index is 14.6. The monoisotopic (exact) mass is 566 g/mol. The van der Waals surface area contributed by atoms with Gasteiger partial charge in [-0.2, -0.15) is 10.2 Å². The van der Waals surface area contributed by atoms with Crippen molar-refractivity contribution < 1.29 is 18.4 Å². The van der Waals surface area contributed by atoms with Gasteiger partial charge in [0.15, 0.2) is 5.82 Å². The molecular weight excluding hydrogens is 531 g/mol. The number of nitrogens with zero attached hydrogens (tertiary/aromatic N) is 4. The lowest BCUT2D eigenvalue weighted by Gasteiger charge is -2.65. The fourth-order valence-corrected chi connectivity index (χ4v) is 8.40. The Labute approximate surface area is 245 Å². The van der Waals surface area contributed by atoms with E-state index in [1.807, 2.05) is 41.3 Å². The third kappa shape index (κ3) is 3.92. The van der Waals surface area contributed by atoms with Gasteiger partial charge in [0.1, 0.15) is 17.5 Å². The number of methoxy groups -OCH3 is 1. The minimum atomic E-state index is -1.14. The highest BCUT2D eigenvalue weighted by Gasteiger charge is 2.73. The van der Waals surface area contributed by atoms with Crippen molar-refractivity contribution in [2.75, 3.05) is 18.6 Å². The number of ether oxygens (including phenoxy) is 1. The molecule has 4 bridgehead atoms. The van der Waals surface area contributed by atoms with E-state index in [1.54, 1.807) is 13.2 Å². The fourth-order valence-electron chi connectivity index (χ4n) is 8.40. The van der Waals surface area contributed by atoms with Crippen molar-refractivity contribution in [1.82, 2.24) is 10.1 Å². The molecule has 2 aromatic carbocycles. The van der Waals surface area contributed by atoms with Crippen LogP contribution in [0.3, 0.4) is 0 Å². The first-order valence-electron chi connectivity index (χ1n) is 15.3. The van der Waals surface area contributed by atoms with Gasteiger partial charge in [0.05, 0.1) is 18.1 Å². The van der Waals surface area contributed by atoms with Crippen molar-refractivity contribution in [1.29, 1.82) is 5.26 Å². The summed E-state index contributed by atoms with van der Waals surface area (Å²) in [6.07, 6.45) is 9.31. The summed E-state index contributed by atoms with van der Waals surface area (Å²) in [5.74, 6) is 2.77. The van der Waals surface area contributed by atoms with Crippen LogP contribution in [0, 0.1) is 22.2 Å². The predicted molar refractivity (Wildman–Crippen MR) is 154 cm³/mol. The van der Waals surface area contributed by atoms with E-state index in [-0.39, 0.29) is 16.7 Å². The Hall–Kier alpha value is -3.73. The number of rotatable bonds is 8. The Morgan fingerprint density at radius 2 is 1.79 bits per heavy atom. The first-order chi connectivity index (χ1) is 20.3. The van der Waals surface area contributed by atoms with Gasteiger partial charge in [-0.05, 0) is 111 Å². The Morgan fingerprint density at radius 1 is 1.07 bits per heavy atom. The van der Waals surface area contributed by atoms with Gasteiger partial charge in [0.2, 0.25) is 11.8 Å². The molecular formula is C34H35FN4O3. The molecule has 7 aliphatic rings. The quantitative estimate of drug-likeness (QED) is 0.291. The number of carbonyl (C=O) groups excluding carboxylic acids is 1. The van der Waals surface area contributed by atoms with Crippen LogP contribution in [0.1, 0.15) is 93.8 Å². The zero-order valence-corrected chi connectivity index (χ0v) is 24.0. The lowest BCUT2D eigenvalue weighted by atomic mass is 9.41. The van der Waals surface area contributed by atoms with Crippen molar-refractivity contribution in [3.8, 4) is 22.9 Å². The predicted octanol–water partition coefficient (Wildman–Crippen LogP) is 7.01. The molecule has 216 valence electrons. The van der Waals surface area contributed by atoms with E-state index < -0.39 is 11.1 Å². The molecule has 1 amide bonds. The fraction of sp³-hybridized carbons (Fsp3) is 0.529. The van der Waals surface area contributed by atoms with Crippen molar-refractivity contribution in [2.24, 2.45) is 10.8 Å². The van der Waals surface area contributed by atoms with Gasteiger partial charge >= 0.3 is 0 Å². The van der Waals surface area contributed by atoms with Gasteiger partial charge in [-0.3, -0.25) is 4.79 Å². The molecule has 7 nitrogen and oxygen atoms in total. The average molecular weight is 567 g/mol. The maximum Gasteiger partial charge on any atom is 0.233 e. The second-order valence-electron chi connectivity index (χ2n) is 13.9. The number of halogens is 1. The van der Waals surface area contributed by atoms with Crippen LogP contribution in [0.2, 0.25) is 0 Å². The molecule has 1 aromatic heterocycles. The number of benzene rings is 2. The van der Waals surface area contributed by atoms with E-state index in [1.165, 1.54) is 0 Å². The SMILES string of the molecule is COc1ccc(-c2cccc(N(CC34CCC(c5nc(C6CC6)no5)(CC3)CC4)C(=O)C34CC(F)(C3)C4)c2)cc1C#N. The van der Waals surface area contributed by atoms with E-state index >= 15 is 0 Å². The van der Waals surface area contributed by atoms with Crippen LogP contribution in [0.25, 0.3) is 11.1 Å². The van der Waals surface area contributed by atoms with Crippen LogP contribution < -0.4 is 9.64 Å². The van der Waals surface area contributed by atoms with Crippen LogP contribution in [0.5, 0.6) is 5.75 Å². The minimum absolute atomic E-state index is 0.0117. The summed E-state index contributed by atoms with van der Waals surface area (Å²) >= 11 is 0. The van der Waals surface area contributed by atoms with E-state index in [4.69, 9.17) is 14.2 Å². The largest absolute Gasteiger partial charge is 0.495 e. The molecule has 7 fully saturated rings. The average Bonchev–Trinajstić information content (AvgIpc) is 3.73. The molecule has 0 aliphatic heterocycles. The van der Waals surface area contributed by atoms with E-state index in [9.17, 15) is 14.4 Å². The highest BCUT2D eigenvalue weighted by molar-refractivity contribution is 6.00. The zero-order chi connectivity index (χ0) is 28.7. The molecule has 0 radical (unpaired) electrons. The van der Waals surface area contributed by atoms with Crippen LogP contribution in [-0.4, -0.2) is 35.4 Å². The molecule has 0 saturated heterocycles. The molecule has 0 spiro atoms. The number of hydrogen-bond donors (Lipinski definition) is 0. The maximum atomic E-state index is 14.6. The first kappa shape index (κ1) is 25.9. The van der Waals surface area contributed by atoms with E-state index in [0.717, 1.165) is 79.9 Å². The third-order valence-electron chi connectivity index (χ3n) is 11.2. The molecule has 0 N–H and O–H groups in total. The van der Waals surface area contributed by atoms with Gasteiger partial charge in [0, 0.05) is 23.6 Å². The molecule has 7 saturated carbocycles. The molecule has 10 rings (SSSR count). The van der Waals surface area contributed by atoms with Gasteiger partial charge in [0.25, 0.3) is 0 Å². The Bertz CT molecular complexity index is 1590. The van der Waals surface area contributed by atoms with Gasteiger partial charge in [-0.15, -0.1) is 0 Å². The van der Waals surface area contributed by atoms with Crippen LogP contribution in [0.15, 0.2) is 47.0 Å². The number of amides is 1. The number of alkyl halides is 1. The van der Waals surface area contributed by atoms with Gasteiger partial charge in [-0.25, -0.2) is 4.39 Å². The second kappa shape index (κ2) is 8.89. The normalized spacial score (nSPS) is 32.4. The molecule has 42 heavy (non-hydrogen) atoms. The van der Waals surface area contributed by atoms with Crippen molar-refractivity contribution >= 4 is 11.6 Å². The summed E-state index contributed by atoms with van der Waals surface area (Å²) in [5.41, 5.74) is 1.38. The molecule has 7 aliphatic carbocycles. The first-order valence-corrected chi connectivity index (χ1v) is 15.3. The van der Waals surface area contributed by atoms with Gasteiger partial charge < -0.3 is 14.2 Å². The third-order valence-corrected chi connectivity index (χ3v) is 11.2. The summed E-state index contributed by atoms with van der Waals surface area (Å²) in [6, 6.07) is 15.8. The van der Waals surface area contributed by atoms with Gasteiger partial charge in [-0.1, -0.05) is 23.4 Å². The zero-order valence-electron chi connectivity index (χ0n) is 24.0. The number of fused-ring (bicyclic) bond motifs is 3. The Morgan fingerprint density at radius 3 is 2.43 bits per heavy atom. The van der Waals surface area contributed by atoms with Crippen molar-refractivity contribution in [3.05, 3.63) is 59.7 Å². The number of hydrogen-bond acceptors (Lipinski definition) is 6. The molecule has 3 aromatic rings. The highest BCUT2D eigenvalue weighted by atomic mass is 19.1. The van der Waals surface area contributed by atoms with E-state index in [2.05, 4.69) is 11.2 Å². The summed E-state index contributed by atoms with van der Waals surface area (Å²) in [6.45, 7) is 0.635. The summed E-state index contributed by atoms with van der Waals surface area (Å²) in [5, 5.41) is 13.9. The standard InChI is InChI=1S/C34H35FN4O3/c1-41-27-8-7-24(15-25(27)17-36)23-3-2-4-26(16-23)39(30(40)33-18-34(35,19-33)20-33)21-31-9-12-32(13-10-31,14-11-31)29-37-28(38-42-29)22-5-6-22/h2-4,7-8,15-16,22H,5-6,9-14,18-21H2,1H3. The number of nitriles is 1. The molecule has 1 heterocycles. The smallest absolute Gasteiger partial charge is 0.233 e. The lowest BCUT2D eigenvalue weighted by molar-refractivity contribution is -0.211. The van der Waals surface area contributed by atoms with Crippen molar-refractivity contribution in [2.45, 2.75) is 87.6 Å². The number of anilines is 1.